The van der Waals surface area contributed by atoms with Crippen LogP contribution in [-0.4, -0.2) is 24.6 Å². The lowest BCUT2D eigenvalue weighted by atomic mass is 10.1. The van der Waals surface area contributed by atoms with E-state index in [0.29, 0.717) is 12.0 Å². The average molecular weight is 224 g/mol. The summed E-state index contributed by atoms with van der Waals surface area (Å²) in [4.78, 5) is 22.3. The van der Waals surface area contributed by atoms with Gasteiger partial charge in [0.1, 0.15) is 5.78 Å². The molecule has 1 aromatic carbocycles. The molecule has 4 heteroatoms. The Bertz CT molecular complexity index is 374. The first-order chi connectivity index (χ1) is 7.17. The maximum absolute atomic E-state index is 11.2. The Kier molecular flexibility index (Phi) is 4.37. The lowest BCUT2D eigenvalue weighted by Crippen LogP contribution is -2.06. The van der Waals surface area contributed by atoms with E-state index in [-0.39, 0.29) is 11.5 Å². The van der Waals surface area contributed by atoms with Gasteiger partial charge in [-0.15, -0.1) is 0 Å². The number of rotatable bonds is 4. The van der Waals surface area contributed by atoms with Crippen molar-refractivity contribution < 1.29 is 14.3 Å². The first-order valence-electron chi connectivity index (χ1n) is 4.47. The van der Waals surface area contributed by atoms with Crippen LogP contribution in [0.4, 0.5) is 0 Å². The molecule has 0 unspecified atom stereocenters. The van der Waals surface area contributed by atoms with Crippen LogP contribution >= 0.6 is 12.6 Å². The SMILES string of the molecule is COC(=O)c1cccc(CC(=O)CS)c1. The minimum Gasteiger partial charge on any atom is -0.465 e. The average Bonchev–Trinajstić information content (AvgIpc) is 2.28. The molecular weight excluding hydrogens is 212 g/mol. The normalized spacial score (nSPS) is 9.73. The van der Waals surface area contributed by atoms with Crippen LogP contribution in [0.5, 0.6) is 0 Å². The first kappa shape index (κ1) is 11.8. The maximum atomic E-state index is 11.2. The van der Waals surface area contributed by atoms with Crippen molar-refractivity contribution >= 4 is 24.4 Å². The van der Waals surface area contributed by atoms with Crippen molar-refractivity contribution in [2.24, 2.45) is 0 Å². The third-order valence-electron chi connectivity index (χ3n) is 1.93. The molecule has 0 aliphatic heterocycles. The molecule has 0 aromatic heterocycles. The highest BCUT2D eigenvalue weighted by Crippen LogP contribution is 2.07. The van der Waals surface area contributed by atoms with Gasteiger partial charge in [-0.25, -0.2) is 4.79 Å². The van der Waals surface area contributed by atoms with Crippen LogP contribution in [-0.2, 0) is 16.0 Å². The lowest BCUT2D eigenvalue weighted by Gasteiger charge is -2.02. The van der Waals surface area contributed by atoms with Gasteiger partial charge in [-0.1, -0.05) is 12.1 Å². The Morgan fingerprint density at radius 2 is 2.13 bits per heavy atom. The summed E-state index contributed by atoms with van der Waals surface area (Å²) in [5.74, 6) is -0.154. The third kappa shape index (κ3) is 3.40. The van der Waals surface area contributed by atoms with Crippen LogP contribution in [0.3, 0.4) is 0 Å². The fourth-order valence-corrected chi connectivity index (χ4v) is 1.32. The molecule has 0 saturated heterocycles. The number of hydrogen-bond acceptors (Lipinski definition) is 4. The number of thiol groups is 1. The second-order valence-corrected chi connectivity index (χ2v) is 3.38. The van der Waals surface area contributed by atoms with E-state index in [1.165, 1.54) is 7.11 Å². The van der Waals surface area contributed by atoms with E-state index in [1.54, 1.807) is 24.3 Å². The van der Waals surface area contributed by atoms with Gasteiger partial charge in [-0.2, -0.15) is 12.6 Å². The highest BCUT2D eigenvalue weighted by molar-refractivity contribution is 7.81. The Labute approximate surface area is 93.8 Å². The zero-order chi connectivity index (χ0) is 11.3. The molecule has 0 bridgehead atoms. The zero-order valence-electron chi connectivity index (χ0n) is 8.40. The molecule has 0 amide bonds. The summed E-state index contributed by atoms with van der Waals surface area (Å²) in [6, 6.07) is 6.84. The number of Topliss-reactive ketones (excluding diaryl/α,β-unsaturated/α-hetero) is 1. The minimum atomic E-state index is -0.393. The molecule has 1 aromatic rings. The largest absolute Gasteiger partial charge is 0.465 e. The van der Waals surface area contributed by atoms with Gasteiger partial charge in [0.25, 0.3) is 0 Å². The Morgan fingerprint density at radius 1 is 1.40 bits per heavy atom. The number of benzene rings is 1. The molecule has 3 nitrogen and oxygen atoms in total. The quantitative estimate of drug-likeness (QED) is 0.623. The number of esters is 1. The van der Waals surface area contributed by atoms with Crippen LogP contribution in [0.2, 0.25) is 0 Å². The van der Waals surface area contributed by atoms with E-state index in [2.05, 4.69) is 17.4 Å². The number of methoxy groups -OCH3 is 1. The standard InChI is InChI=1S/C11H12O3S/c1-14-11(13)9-4-2-3-8(5-9)6-10(12)7-15/h2-5,15H,6-7H2,1H3. The molecule has 0 aliphatic rings. The van der Waals surface area contributed by atoms with Gasteiger partial charge in [0, 0.05) is 12.2 Å². The van der Waals surface area contributed by atoms with Gasteiger partial charge in [0.05, 0.1) is 12.7 Å². The van der Waals surface area contributed by atoms with E-state index in [9.17, 15) is 9.59 Å². The van der Waals surface area contributed by atoms with Crippen LogP contribution in [0.1, 0.15) is 15.9 Å². The van der Waals surface area contributed by atoms with E-state index in [0.717, 1.165) is 5.56 Å². The van der Waals surface area contributed by atoms with E-state index >= 15 is 0 Å². The topological polar surface area (TPSA) is 43.4 Å². The summed E-state index contributed by atoms with van der Waals surface area (Å²) in [6.07, 6.45) is 0.300. The van der Waals surface area contributed by atoms with Crippen molar-refractivity contribution in [3.05, 3.63) is 35.4 Å². The summed E-state index contributed by atoms with van der Waals surface area (Å²) in [5.41, 5.74) is 1.26. The first-order valence-corrected chi connectivity index (χ1v) is 5.10. The van der Waals surface area contributed by atoms with Crippen LogP contribution < -0.4 is 0 Å². The van der Waals surface area contributed by atoms with E-state index in [1.807, 2.05) is 0 Å². The summed E-state index contributed by atoms with van der Waals surface area (Å²) < 4.78 is 4.58. The van der Waals surface area contributed by atoms with Crippen molar-refractivity contribution in [2.45, 2.75) is 6.42 Å². The van der Waals surface area contributed by atoms with Gasteiger partial charge >= 0.3 is 5.97 Å². The molecule has 15 heavy (non-hydrogen) atoms. The fraction of sp³-hybridized carbons (Fsp3) is 0.273. The molecule has 0 atom stereocenters. The Hall–Kier alpha value is -1.29. The molecule has 0 saturated carbocycles. The number of ketones is 1. The maximum Gasteiger partial charge on any atom is 0.337 e. The molecule has 0 N–H and O–H groups in total. The molecule has 0 fully saturated rings. The second kappa shape index (κ2) is 5.56. The second-order valence-electron chi connectivity index (χ2n) is 3.07. The number of carbonyl (C=O) groups excluding carboxylic acids is 2. The molecule has 0 spiro atoms. The summed E-state index contributed by atoms with van der Waals surface area (Å²) in [7, 11) is 1.33. The van der Waals surface area contributed by atoms with Crippen LogP contribution in [0.15, 0.2) is 24.3 Å². The molecule has 0 aliphatic carbocycles. The van der Waals surface area contributed by atoms with Crippen LogP contribution in [0, 0.1) is 0 Å². The molecule has 80 valence electrons. The number of ether oxygens (including phenoxy) is 1. The van der Waals surface area contributed by atoms with Crippen molar-refractivity contribution in [1.82, 2.24) is 0 Å². The highest BCUT2D eigenvalue weighted by atomic mass is 32.1. The predicted octanol–water partition coefficient (Wildman–Crippen LogP) is 1.51. The van der Waals surface area contributed by atoms with E-state index in [4.69, 9.17) is 0 Å². The number of hydrogen-bond donors (Lipinski definition) is 1. The highest BCUT2D eigenvalue weighted by Gasteiger charge is 2.07. The van der Waals surface area contributed by atoms with Crippen molar-refractivity contribution in [2.75, 3.05) is 12.9 Å². The van der Waals surface area contributed by atoms with Gasteiger partial charge in [0.2, 0.25) is 0 Å². The van der Waals surface area contributed by atoms with Gasteiger partial charge < -0.3 is 4.74 Å². The van der Waals surface area contributed by atoms with Crippen LogP contribution in [0.25, 0.3) is 0 Å². The van der Waals surface area contributed by atoms with Crippen molar-refractivity contribution in [3.8, 4) is 0 Å². The zero-order valence-corrected chi connectivity index (χ0v) is 9.29. The van der Waals surface area contributed by atoms with Crippen molar-refractivity contribution in [3.63, 3.8) is 0 Å². The third-order valence-corrected chi connectivity index (χ3v) is 2.28. The predicted molar refractivity (Wildman–Crippen MR) is 60.3 cm³/mol. The van der Waals surface area contributed by atoms with Gasteiger partial charge in [0.15, 0.2) is 0 Å². The summed E-state index contributed by atoms with van der Waals surface area (Å²) in [6.45, 7) is 0. The Balaban J connectivity index is 2.83. The summed E-state index contributed by atoms with van der Waals surface area (Å²) in [5, 5.41) is 0. The lowest BCUT2D eigenvalue weighted by molar-refractivity contribution is -0.115. The smallest absolute Gasteiger partial charge is 0.337 e. The molecule has 0 radical (unpaired) electrons. The minimum absolute atomic E-state index is 0.0281. The van der Waals surface area contributed by atoms with Gasteiger partial charge in [-0.05, 0) is 17.7 Å². The molecular formula is C11H12O3S. The monoisotopic (exact) mass is 224 g/mol. The molecule has 1 rings (SSSR count). The fourth-order valence-electron chi connectivity index (χ4n) is 1.21. The Morgan fingerprint density at radius 3 is 2.73 bits per heavy atom. The molecule has 0 heterocycles. The van der Waals surface area contributed by atoms with Gasteiger partial charge in [-0.3, -0.25) is 4.79 Å². The number of carbonyl (C=O) groups is 2. The summed E-state index contributed by atoms with van der Waals surface area (Å²) >= 11 is 3.89. The van der Waals surface area contributed by atoms with E-state index < -0.39 is 5.97 Å². The van der Waals surface area contributed by atoms with Crippen molar-refractivity contribution in [1.29, 1.82) is 0 Å².